The molecule has 0 saturated carbocycles. The van der Waals surface area contributed by atoms with Gasteiger partial charge in [-0.25, -0.2) is 9.59 Å². The number of aryl methyl sites for hydroxylation is 1. The molecule has 0 aliphatic rings. The number of thiophene rings is 1. The Morgan fingerprint density at radius 2 is 1.83 bits per heavy atom. The van der Waals surface area contributed by atoms with Gasteiger partial charge in [0.2, 0.25) is 0 Å². The van der Waals surface area contributed by atoms with Crippen LogP contribution in [0.1, 0.15) is 41.6 Å². The molecule has 1 aromatic heterocycles. The highest BCUT2D eigenvalue weighted by Gasteiger charge is 2.19. The van der Waals surface area contributed by atoms with E-state index in [1.165, 1.54) is 17.4 Å². The minimum atomic E-state index is -0.664. The van der Waals surface area contributed by atoms with Crippen LogP contribution >= 0.6 is 11.3 Å². The van der Waals surface area contributed by atoms with E-state index in [4.69, 9.17) is 14.2 Å². The molecule has 8 heteroatoms. The van der Waals surface area contributed by atoms with Gasteiger partial charge in [-0.3, -0.25) is 4.79 Å². The molecule has 0 atom stereocenters. The Labute approximate surface area is 179 Å². The van der Waals surface area contributed by atoms with Gasteiger partial charge in [0.1, 0.15) is 10.8 Å². The van der Waals surface area contributed by atoms with Crippen LogP contribution in [0, 0.1) is 0 Å². The van der Waals surface area contributed by atoms with Crippen molar-refractivity contribution in [2.45, 2.75) is 27.2 Å². The van der Waals surface area contributed by atoms with Crippen LogP contribution in [-0.2, 0) is 25.5 Å². The second-order valence-corrected chi connectivity index (χ2v) is 7.13. The summed E-state index contributed by atoms with van der Waals surface area (Å²) in [6.07, 6.45) is 3.52. The van der Waals surface area contributed by atoms with Gasteiger partial charge in [-0.05, 0) is 38.5 Å². The number of esters is 2. The van der Waals surface area contributed by atoms with Crippen molar-refractivity contribution < 1.29 is 28.6 Å². The third kappa shape index (κ3) is 6.73. The zero-order valence-corrected chi connectivity index (χ0v) is 18.0. The second kappa shape index (κ2) is 11.8. The molecular formula is C22H25NO6S. The minimum absolute atomic E-state index is 0.236. The molecule has 0 unspecified atom stereocenters. The zero-order valence-electron chi connectivity index (χ0n) is 17.2. The number of para-hydroxylation sites is 1. The van der Waals surface area contributed by atoms with Crippen LogP contribution in [0.2, 0.25) is 0 Å². The van der Waals surface area contributed by atoms with Crippen LogP contribution in [0.15, 0.2) is 36.4 Å². The summed E-state index contributed by atoms with van der Waals surface area (Å²) >= 11 is 1.29. The van der Waals surface area contributed by atoms with Crippen molar-refractivity contribution in [3.63, 3.8) is 0 Å². The standard InChI is InChI=1S/C22H25NO6S/c1-4-16-13-17(22(26)28-6-3)21(30-16)23-19(24)14-29-20(25)12-11-15-9-7-8-10-18(15)27-5-2/h7-13H,4-6,14H2,1-3H3,(H,23,24)/b12-11+. The Hall–Kier alpha value is -3.13. The number of rotatable bonds is 10. The number of amides is 1. The molecule has 30 heavy (non-hydrogen) atoms. The summed E-state index contributed by atoms with van der Waals surface area (Å²) in [5.41, 5.74) is 1.02. The fraction of sp³-hybridized carbons (Fsp3) is 0.318. The molecule has 1 aromatic carbocycles. The summed E-state index contributed by atoms with van der Waals surface area (Å²) in [6, 6.07) is 8.97. The summed E-state index contributed by atoms with van der Waals surface area (Å²) in [5, 5.41) is 3.00. The van der Waals surface area contributed by atoms with E-state index in [1.54, 1.807) is 31.2 Å². The predicted molar refractivity (Wildman–Crippen MR) is 116 cm³/mol. The van der Waals surface area contributed by atoms with Gasteiger partial charge < -0.3 is 19.5 Å². The van der Waals surface area contributed by atoms with Gasteiger partial charge >= 0.3 is 11.9 Å². The number of carbonyl (C=O) groups excluding carboxylic acids is 3. The molecule has 0 aliphatic heterocycles. The highest BCUT2D eigenvalue weighted by Crippen LogP contribution is 2.29. The summed E-state index contributed by atoms with van der Waals surface area (Å²) in [6.45, 7) is 5.80. The van der Waals surface area contributed by atoms with Gasteiger partial charge in [0.15, 0.2) is 6.61 Å². The number of benzene rings is 1. The summed E-state index contributed by atoms with van der Waals surface area (Å²) in [7, 11) is 0. The monoisotopic (exact) mass is 431 g/mol. The van der Waals surface area contributed by atoms with Crippen LogP contribution in [0.5, 0.6) is 5.75 Å². The average molecular weight is 432 g/mol. The topological polar surface area (TPSA) is 90.9 Å². The number of nitrogens with one attached hydrogen (secondary N) is 1. The lowest BCUT2D eigenvalue weighted by molar-refractivity contribution is -0.142. The average Bonchev–Trinajstić information content (AvgIpc) is 3.15. The molecule has 1 amide bonds. The Morgan fingerprint density at radius 1 is 1.07 bits per heavy atom. The lowest BCUT2D eigenvalue weighted by Gasteiger charge is -2.07. The molecular weight excluding hydrogens is 406 g/mol. The molecule has 0 aliphatic carbocycles. The SMILES string of the molecule is CCOC(=O)c1cc(CC)sc1NC(=O)COC(=O)/C=C/c1ccccc1OCC. The first-order valence-electron chi connectivity index (χ1n) is 9.64. The summed E-state index contributed by atoms with van der Waals surface area (Å²) in [5.74, 6) is -1.06. The first-order valence-corrected chi connectivity index (χ1v) is 10.5. The van der Waals surface area contributed by atoms with Gasteiger partial charge in [0, 0.05) is 16.5 Å². The van der Waals surface area contributed by atoms with Crippen LogP contribution < -0.4 is 10.1 Å². The van der Waals surface area contributed by atoms with Gasteiger partial charge in [-0.15, -0.1) is 11.3 Å². The Morgan fingerprint density at radius 3 is 2.53 bits per heavy atom. The molecule has 0 spiro atoms. The van der Waals surface area contributed by atoms with Crippen LogP contribution in [0.4, 0.5) is 5.00 Å². The maximum Gasteiger partial charge on any atom is 0.341 e. The lowest BCUT2D eigenvalue weighted by atomic mass is 10.2. The fourth-order valence-corrected chi connectivity index (χ4v) is 3.48. The Bertz CT molecular complexity index is 918. The van der Waals surface area contributed by atoms with Crippen LogP contribution in [0.25, 0.3) is 6.08 Å². The van der Waals surface area contributed by atoms with Crippen molar-refractivity contribution in [1.82, 2.24) is 0 Å². The van der Waals surface area contributed by atoms with E-state index in [9.17, 15) is 14.4 Å². The molecule has 1 heterocycles. The van der Waals surface area contributed by atoms with Gasteiger partial charge in [-0.2, -0.15) is 0 Å². The molecule has 160 valence electrons. The van der Waals surface area contributed by atoms with Crippen LogP contribution in [-0.4, -0.2) is 37.7 Å². The van der Waals surface area contributed by atoms with Crippen molar-refractivity contribution in [2.24, 2.45) is 0 Å². The summed E-state index contributed by atoms with van der Waals surface area (Å²) < 4.78 is 15.5. The number of anilines is 1. The van der Waals surface area contributed by atoms with Crippen molar-refractivity contribution >= 4 is 40.3 Å². The van der Waals surface area contributed by atoms with E-state index in [2.05, 4.69) is 5.32 Å². The highest BCUT2D eigenvalue weighted by atomic mass is 32.1. The number of carbonyl (C=O) groups is 3. The van der Waals surface area contributed by atoms with E-state index in [1.807, 2.05) is 26.0 Å². The Balaban J connectivity index is 1.94. The minimum Gasteiger partial charge on any atom is -0.493 e. The Kier molecular flexibility index (Phi) is 9.08. The van der Waals surface area contributed by atoms with Gasteiger partial charge in [0.05, 0.1) is 18.8 Å². The number of ether oxygens (including phenoxy) is 3. The predicted octanol–water partition coefficient (Wildman–Crippen LogP) is 4.08. The van der Waals surface area contributed by atoms with E-state index >= 15 is 0 Å². The van der Waals surface area contributed by atoms with Crippen molar-refractivity contribution in [1.29, 1.82) is 0 Å². The third-order valence-corrected chi connectivity index (χ3v) is 5.04. The van der Waals surface area contributed by atoms with E-state index < -0.39 is 24.5 Å². The zero-order chi connectivity index (χ0) is 21.9. The molecule has 7 nitrogen and oxygen atoms in total. The van der Waals surface area contributed by atoms with Crippen molar-refractivity contribution in [2.75, 3.05) is 25.1 Å². The molecule has 0 radical (unpaired) electrons. The quantitative estimate of drug-likeness (QED) is 0.450. The molecule has 1 N–H and O–H groups in total. The molecule has 0 fully saturated rings. The van der Waals surface area contributed by atoms with Crippen molar-refractivity contribution in [3.05, 3.63) is 52.4 Å². The molecule has 0 saturated heterocycles. The normalized spacial score (nSPS) is 10.6. The van der Waals surface area contributed by atoms with Crippen LogP contribution in [0.3, 0.4) is 0 Å². The first kappa shape index (κ1) is 23.2. The largest absolute Gasteiger partial charge is 0.493 e. The van der Waals surface area contributed by atoms with E-state index in [-0.39, 0.29) is 6.61 Å². The van der Waals surface area contributed by atoms with Gasteiger partial charge in [0.25, 0.3) is 5.91 Å². The maximum absolute atomic E-state index is 12.2. The summed E-state index contributed by atoms with van der Waals surface area (Å²) in [4.78, 5) is 37.1. The molecule has 2 aromatic rings. The first-order chi connectivity index (χ1) is 14.5. The maximum atomic E-state index is 12.2. The van der Waals surface area contributed by atoms with E-state index in [0.717, 1.165) is 16.9 Å². The highest BCUT2D eigenvalue weighted by molar-refractivity contribution is 7.16. The number of hydrogen-bond donors (Lipinski definition) is 1. The smallest absolute Gasteiger partial charge is 0.341 e. The third-order valence-electron chi connectivity index (χ3n) is 3.84. The molecule has 0 bridgehead atoms. The van der Waals surface area contributed by atoms with Gasteiger partial charge in [-0.1, -0.05) is 25.1 Å². The second-order valence-electron chi connectivity index (χ2n) is 5.99. The van der Waals surface area contributed by atoms with Crippen molar-refractivity contribution in [3.8, 4) is 5.75 Å². The lowest BCUT2D eigenvalue weighted by Crippen LogP contribution is -2.21. The number of hydrogen-bond acceptors (Lipinski definition) is 7. The van der Waals surface area contributed by atoms with E-state index in [0.29, 0.717) is 22.9 Å². The fourth-order valence-electron chi connectivity index (χ4n) is 2.48. The molecule has 2 rings (SSSR count).